The van der Waals surface area contributed by atoms with E-state index in [0.717, 1.165) is 34.6 Å². The Morgan fingerprint density at radius 1 is 1.17 bits per heavy atom. The Bertz CT molecular complexity index is 1000. The van der Waals surface area contributed by atoms with E-state index in [1.807, 2.05) is 0 Å². The van der Waals surface area contributed by atoms with E-state index in [2.05, 4.69) is 0 Å². The molecule has 13 heteroatoms. The molecule has 2 aromatic rings. The van der Waals surface area contributed by atoms with Gasteiger partial charge in [-0.2, -0.15) is 17.5 Å². The van der Waals surface area contributed by atoms with Crippen LogP contribution >= 0.6 is 12.4 Å². The maximum atomic E-state index is 13.8. The van der Waals surface area contributed by atoms with Crippen LogP contribution in [0.5, 0.6) is 0 Å². The number of nitrogens with zero attached hydrogens (tertiary/aromatic N) is 2. The van der Waals surface area contributed by atoms with Crippen LogP contribution in [0.25, 0.3) is 0 Å². The molecule has 30 heavy (non-hydrogen) atoms. The lowest BCUT2D eigenvalue weighted by atomic mass is 10.0. The van der Waals surface area contributed by atoms with E-state index in [-0.39, 0.29) is 41.6 Å². The number of sulfonamides is 1. The predicted molar refractivity (Wildman–Crippen MR) is 103 cm³/mol. The third-order valence-corrected chi connectivity index (χ3v) is 6.12. The quantitative estimate of drug-likeness (QED) is 0.374. The maximum absolute atomic E-state index is 13.8. The Balaban J connectivity index is 0.00000450. The van der Waals surface area contributed by atoms with E-state index in [1.54, 1.807) is 0 Å². The molecule has 0 amide bonds. The van der Waals surface area contributed by atoms with Crippen LogP contribution in [0.3, 0.4) is 0 Å². The van der Waals surface area contributed by atoms with Gasteiger partial charge in [0.25, 0.3) is 5.69 Å². The number of non-ortho nitro benzene ring substituents is 1. The van der Waals surface area contributed by atoms with Crippen LogP contribution < -0.4 is 5.73 Å². The van der Waals surface area contributed by atoms with Crippen molar-refractivity contribution < 1.29 is 30.9 Å². The topological polar surface area (TPSA) is 107 Å². The second-order valence-electron chi connectivity index (χ2n) is 6.05. The first-order valence-corrected chi connectivity index (χ1v) is 9.68. The molecule has 7 nitrogen and oxygen atoms in total. The monoisotopic (exact) mass is 471 g/mol. The number of nitrogens with two attached hydrogens (primary N) is 1. The minimum Gasteiger partial charge on any atom is -0.323 e. The minimum absolute atomic E-state index is 0. The Labute approximate surface area is 176 Å². The average molecular weight is 472 g/mol. The molecule has 0 aliphatic rings. The van der Waals surface area contributed by atoms with Gasteiger partial charge in [-0.25, -0.2) is 12.8 Å². The lowest BCUT2D eigenvalue weighted by Crippen LogP contribution is -2.37. The first kappa shape index (κ1) is 25.8. The normalized spacial score (nSPS) is 13.0. The van der Waals surface area contributed by atoms with Crippen molar-refractivity contribution in [2.24, 2.45) is 5.73 Å². The van der Waals surface area contributed by atoms with Crippen LogP contribution in [-0.4, -0.2) is 30.7 Å². The van der Waals surface area contributed by atoms with Gasteiger partial charge in [-0.05, 0) is 29.8 Å². The number of nitro groups is 1. The molecule has 2 aromatic carbocycles. The standard InChI is InChI=1S/C17H17F4N3O4S.ClH/c1-2-23(29(27,28)13-6-4-12(5-7-13)24(25)26)10-16(22)11-3-8-14(15(18)9-11)17(19,20)21;/h3-9,16H,2,10,22H2,1H3;1H/t16-;/m0./s1. The number of halogens is 5. The van der Waals surface area contributed by atoms with Crippen molar-refractivity contribution in [3.63, 3.8) is 0 Å². The van der Waals surface area contributed by atoms with E-state index < -0.39 is 38.5 Å². The summed E-state index contributed by atoms with van der Waals surface area (Å²) in [4.78, 5) is 9.81. The molecular formula is C17H18ClF4N3O4S. The number of alkyl halides is 3. The smallest absolute Gasteiger partial charge is 0.323 e. The molecule has 0 saturated carbocycles. The summed E-state index contributed by atoms with van der Waals surface area (Å²) in [6.45, 7) is 1.15. The van der Waals surface area contributed by atoms with Crippen molar-refractivity contribution >= 4 is 28.1 Å². The molecule has 0 spiro atoms. The van der Waals surface area contributed by atoms with Gasteiger partial charge < -0.3 is 5.73 Å². The molecule has 0 unspecified atom stereocenters. The third-order valence-electron chi connectivity index (χ3n) is 4.17. The molecule has 0 aliphatic heterocycles. The van der Waals surface area contributed by atoms with Gasteiger partial charge in [-0.3, -0.25) is 10.1 Å². The highest BCUT2D eigenvalue weighted by Crippen LogP contribution is 2.32. The number of benzene rings is 2. The number of hydrogen-bond donors (Lipinski definition) is 1. The van der Waals surface area contributed by atoms with Gasteiger partial charge in [0.15, 0.2) is 0 Å². The molecule has 166 valence electrons. The van der Waals surface area contributed by atoms with Crippen molar-refractivity contribution in [1.29, 1.82) is 0 Å². The summed E-state index contributed by atoms with van der Waals surface area (Å²) in [5, 5.41) is 10.7. The van der Waals surface area contributed by atoms with E-state index in [9.17, 15) is 36.1 Å². The highest BCUT2D eigenvalue weighted by molar-refractivity contribution is 7.89. The van der Waals surface area contributed by atoms with Crippen LogP contribution in [0, 0.1) is 15.9 Å². The number of hydrogen-bond acceptors (Lipinski definition) is 5. The van der Waals surface area contributed by atoms with E-state index in [1.165, 1.54) is 6.92 Å². The zero-order chi connectivity index (χ0) is 22.0. The van der Waals surface area contributed by atoms with Crippen LogP contribution in [0.1, 0.15) is 24.1 Å². The largest absolute Gasteiger partial charge is 0.419 e. The molecule has 0 aliphatic carbocycles. The fourth-order valence-corrected chi connectivity index (χ4v) is 4.08. The molecule has 0 aromatic heterocycles. The summed E-state index contributed by atoms with van der Waals surface area (Å²) in [7, 11) is -4.08. The van der Waals surface area contributed by atoms with E-state index >= 15 is 0 Å². The molecule has 2 N–H and O–H groups in total. The molecule has 0 saturated heterocycles. The average Bonchev–Trinajstić information content (AvgIpc) is 2.64. The fourth-order valence-electron chi connectivity index (χ4n) is 2.60. The summed E-state index contributed by atoms with van der Waals surface area (Å²) < 4.78 is 78.2. The molecule has 0 radical (unpaired) electrons. The number of likely N-dealkylation sites (N-methyl/N-ethyl adjacent to an activating group) is 1. The second kappa shape index (κ2) is 9.69. The van der Waals surface area contributed by atoms with Crippen LogP contribution in [-0.2, 0) is 16.2 Å². The lowest BCUT2D eigenvalue weighted by molar-refractivity contribution is -0.384. The minimum atomic E-state index is -4.86. The van der Waals surface area contributed by atoms with E-state index in [4.69, 9.17) is 5.73 Å². The Morgan fingerprint density at radius 2 is 1.73 bits per heavy atom. The van der Waals surface area contributed by atoms with Gasteiger partial charge in [0.05, 0.1) is 15.4 Å². The molecular weight excluding hydrogens is 454 g/mol. The maximum Gasteiger partial charge on any atom is 0.419 e. The Morgan fingerprint density at radius 3 is 2.17 bits per heavy atom. The highest BCUT2D eigenvalue weighted by atomic mass is 35.5. The predicted octanol–water partition coefficient (Wildman–Crippen LogP) is 3.89. The van der Waals surface area contributed by atoms with Gasteiger partial charge in [0.2, 0.25) is 10.0 Å². The first-order valence-electron chi connectivity index (χ1n) is 8.24. The van der Waals surface area contributed by atoms with Crippen molar-refractivity contribution in [1.82, 2.24) is 4.31 Å². The van der Waals surface area contributed by atoms with Gasteiger partial charge >= 0.3 is 6.18 Å². The van der Waals surface area contributed by atoms with Gasteiger partial charge in [0, 0.05) is 31.3 Å². The van der Waals surface area contributed by atoms with Gasteiger partial charge in [-0.15, -0.1) is 12.4 Å². The van der Waals surface area contributed by atoms with Crippen LogP contribution in [0.4, 0.5) is 23.2 Å². The number of rotatable bonds is 7. The molecule has 0 bridgehead atoms. The van der Waals surface area contributed by atoms with Crippen LogP contribution in [0.2, 0.25) is 0 Å². The summed E-state index contributed by atoms with van der Waals surface area (Å²) in [5.74, 6) is -1.51. The summed E-state index contributed by atoms with van der Waals surface area (Å²) in [5.41, 5.74) is 4.16. The fraction of sp³-hybridized carbons (Fsp3) is 0.294. The molecule has 2 rings (SSSR count). The van der Waals surface area contributed by atoms with Crippen molar-refractivity contribution in [3.05, 3.63) is 69.5 Å². The summed E-state index contributed by atoms with van der Waals surface area (Å²) in [6, 6.07) is 5.27. The molecule has 1 atom stereocenters. The van der Waals surface area contributed by atoms with Gasteiger partial charge in [-0.1, -0.05) is 13.0 Å². The molecule has 0 fully saturated rings. The SMILES string of the molecule is CCN(C[C@H](N)c1ccc(C(F)(F)F)c(F)c1)S(=O)(=O)c1ccc([N+](=O)[O-])cc1.Cl. The zero-order valence-electron chi connectivity index (χ0n) is 15.5. The summed E-state index contributed by atoms with van der Waals surface area (Å²) >= 11 is 0. The van der Waals surface area contributed by atoms with Crippen molar-refractivity contribution in [2.75, 3.05) is 13.1 Å². The zero-order valence-corrected chi connectivity index (χ0v) is 17.1. The van der Waals surface area contributed by atoms with E-state index in [0.29, 0.717) is 12.1 Å². The highest BCUT2D eigenvalue weighted by Gasteiger charge is 2.34. The lowest BCUT2D eigenvalue weighted by Gasteiger charge is -2.24. The molecule has 0 heterocycles. The Kier molecular flexibility index (Phi) is 8.32. The first-order chi connectivity index (χ1) is 13.4. The third kappa shape index (κ3) is 5.65. The van der Waals surface area contributed by atoms with Crippen molar-refractivity contribution in [3.8, 4) is 0 Å². The Hall–Kier alpha value is -2.28. The second-order valence-corrected chi connectivity index (χ2v) is 7.99. The summed E-state index contributed by atoms with van der Waals surface area (Å²) in [6.07, 6.45) is -4.86. The van der Waals surface area contributed by atoms with Gasteiger partial charge in [0.1, 0.15) is 5.82 Å². The van der Waals surface area contributed by atoms with Crippen molar-refractivity contribution in [2.45, 2.75) is 24.0 Å². The van der Waals surface area contributed by atoms with Crippen LogP contribution in [0.15, 0.2) is 47.4 Å². The number of nitro benzene ring substituents is 1.